The molecule has 23 heavy (non-hydrogen) atoms. The van der Waals surface area contributed by atoms with E-state index in [1.165, 1.54) is 11.0 Å². The van der Waals surface area contributed by atoms with Gasteiger partial charge in [0.2, 0.25) is 0 Å². The van der Waals surface area contributed by atoms with Gasteiger partial charge in [0.25, 0.3) is 0 Å². The largest absolute Gasteiger partial charge is 0.491 e. The van der Waals surface area contributed by atoms with Crippen LogP contribution in [0.5, 0.6) is 5.75 Å². The number of fused-ring (bicyclic) bond motifs is 1. The molecule has 3 nitrogen and oxygen atoms in total. The van der Waals surface area contributed by atoms with Gasteiger partial charge in [-0.15, -0.1) is 0 Å². The molecule has 2 aromatic rings. The van der Waals surface area contributed by atoms with E-state index in [1.54, 1.807) is 0 Å². The zero-order chi connectivity index (χ0) is 16.4. The lowest BCUT2D eigenvalue weighted by atomic mass is 9.64. The fourth-order valence-electron chi connectivity index (χ4n) is 2.87. The van der Waals surface area contributed by atoms with Gasteiger partial charge in [-0.25, -0.2) is 0 Å². The van der Waals surface area contributed by atoms with E-state index in [9.17, 15) is 4.79 Å². The molecule has 0 radical (unpaired) electrons. The molecule has 1 heterocycles. The molecule has 0 N–H and O–H groups in total. The molecule has 0 aromatic heterocycles. The SMILES string of the molecule is CB1OCc2ccc(CC(=O)c3cccc(OC(C)C)c3)cc21. The molecule has 0 fully saturated rings. The van der Waals surface area contributed by atoms with Crippen LogP contribution in [0.1, 0.15) is 35.3 Å². The monoisotopic (exact) mass is 308 g/mol. The smallest absolute Gasteiger partial charge is 0.324 e. The Bertz CT molecular complexity index is 724. The second-order valence-corrected chi connectivity index (χ2v) is 6.28. The first-order valence-corrected chi connectivity index (χ1v) is 8.06. The van der Waals surface area contributed by atoms with Crippen molar-refractivity contribution in [3.05, 3.63) is 59.2 Å². The third-order valence-corrected chi connectivity index (χ3v) is 4.03. The Kier molecular flexibility index (Phi) is 4.53. The van der Waals surface area contributed by atoms with Gasteiger partial charge < -0.3 is 9.39 Å². The van der Waals surface area contributed by atoms with Gasteiger partial charge >= 0.3 is 6.92 Å². The average molecular weight is 308 g/mol. The standard InChI is InChI=1S/C19H21BO3/c1-13(2)23-17-6-4-5-15(11-17)19(21)10-14-7-8-16-12-22-20(3)18(16)9-14/h4-9,11,13H,10,12H2,1-3H3. The van der Waals surface area contributed by atoms with Gasteiger partial charge in [-0.3, -0.25) is 4.79 Å². The highest BCUT2D eigenvalue weighted by Crippen LogP contribution is 2.18. The van der Waals surface area contributed by atoms with Crippen molar-refractivity contribution >= 4 is 18.2 Å². The number of carbonyl (C=O) groups excluding carboxylic acids is 1. The van der Waals surface area contributed by atoms with Crippen LogP contribution in [0.2, 0.25) is 6.82 Å². The highest BCUT2D eigenvalue weighted by Gasteiger charge is 2.23. The van der Waals surface area contributed by atoms with Crippen LogP contribution in [0, 0.1) is 0 Å². The van der Waals surface area contributed by atoms with Crippen molar-refractivity contribution in [1.29, 1.82) is 0 Å². The quantitative estimate of drug-likeness (QED) is 0.628. The number of hydrogen-bond acceptors (Lipinski definition) is 3. The Hall–Kier alpha value is -2.07. The number of ketones is 1. The van der Waals surface area contributed by atoms with Crippen molar-refractivity contribution in [1.82, 2.24) is 0 Å². The third-order valence-electron chi connectivity index (χ3n) is 4.03. The molecule has 1 aliphatic heterocycles. The second-order valence-electron chi connectivity index (χ2n) is 6.28. The molecule has 0 amide bonds. The zero-order valence-corrected chi connectivity index (χ0v) is 13.8. The van der Waals surface area contributed by atoms with Crippen molar-refractivity contribution in [2.75, 3.05) is 0 Å². The topological polar surface area (TPSA) is 35.5 Å². The molecule has 0 atom stereocenters. The van der Waals surface area contributed by atoms with E-state index >= 15 is 0 Å². The normalized spacial score (nSPS) is 13.3. The van der Waals surface area contributed by atoms with Crippen LogP contribution in [-0.4, -0.2) is 18.8 Å². The predicted molar refractivity (Wildman–Crippen MR) is 92.7 cm³/mol. The van der Waals surface area contributed by atoms with Gasteiger partial charge in [0, 0.05) is 12.0 Å². The van der Waals surface area contributed by atoms with Crippen LogP contribution in [0.4, 0.5) is 0 Å². The Balaban J connectivity index is 1.76. The first-order valence-electron chi connectivity index (χ1n) is 8.06. The molecule has 0 spiro atoms. The fraction of sp³-hybridized carbons (Fsp3) is 0.316. The summed E-state index contributed by atoms with van der Waals surface area (Å²) in [6.45, 7) is 6.77. The molecular formula is C19H21BO3. The zero-order valence-electron chi connectivity index (χ0n) is 13.8. The summed E-state index contributed by atoms with van der Waals surface area (Å²) in [5, 5.41) is 0. The summed E-state index contributed by atoms with van der Waals surface area (Å²) >= 11 is 0. The molecule has 0 bridgehead atoms. The van der Waals surface area contributed by atoms with Crippen molar-refractivity contribution in [3.63, 3.8) is 0 Å². The Morgan fingerprint density at radius 1 is 1.26 bits per heavy atom. The van der Waals surface area contributed by atoms with Crippen LogP contribution in [0.3, 0.4) is 0 Å². The predicted octanol–water partition coefficient (Wildman–Crippen LogP) is 3.26. The van der Waals surface area contributed by atoms with E-state index in [1.807, 2.05) is 51.0 Å². The molecule has 118 valence electrons. The third kappa shape index (κ3) is 3.65. The highest BCUT2D eigenvalue weighted by molar-refractivity contribution is 6.67. The molecule has 2 aromatic carbocycles. The molecule has 3 rings (SSSR count). The number of ether oxygens (including phenoxy) is 1. The lowest BCUT2D eigenvalue weighted by Gasteiger charge is -2.11. The molecule has 0 saturated heterocycles. The number of rotatable bonds is 5. The second kappa shape index (κ2) is 6.59. The van der Waals surface area contributed by atoms with Crippen molar-refractivity contribution in [2.24, 2.45) is 0 Å². The van der Waals surface area contributed by atoms with Crippen LogP contribution in [-0.2, 0) is 17.7 Å². The molecule has 4 heteroatoms. The minimum atomic E-state index is 0.0959. The molecule has 0 saturated carbocycles. The Morgan fingerprint density at radius 2 is 2.09 bits per heavy atom. The summed E-state index contributed by atoms with van der Waals surface area (Å²) in [4.78, 5) is 12.5. The maximum absolute atomic E-state index is 12.5. The van der Waals surface area contributed by atoms with Gasteiger partial charge in [0.15, 0.2) is 5.78 Å². The minimum absolute atomic E-state index is 0.0959. The maximum Gasteiger partial charge on any atom is 0.324 e. The molecule has 0 aliphatic carbocycles. The summed E-state index contributed by atoms with van der Waals surface area (Å²) in [6.07, 6.45) is 0.490. The molecule has 1 aliphatic rings. The van der Waals surface area contributed by atoms with Gasteiger partial charge in [0.1, 0.15) is 5.75 Å². The van der Waals surface area contributed by atoms with E-state index < -0.39 is 0 Å². The van der Waals surface area contributed by atoms with Crippen molar-refractivity contribution < 1.29 is 14.2 Å². The Labute approximate surface area is 137 Å². The highest BCUT2D eigenvalue weighted by atomic mass is 16.5. The summed E-state index contributed by atoms with van der Waals surface area (Å²) in [7, 11) is 0. The molecule has 0 unspecified atom stereocenters. The number of carbonyl (C=O) groups is 1. The van der Waals surface area contributed by atoms with E-state index in [0.29, 0.717) is 18.6 Å². The lowest BCUT2D eigenvalue weighted by Crippen LogP contribution is -2.24. The van der Waals surface area contributed by atoms with Gasteiger partial charge in [-0.05, 0) is 42.6 Å². The van der Waals surface area contributed by atoms with Crippen LogP contribution in [0.15, 0.2) is 42.5 Å². The average Bonchev–Trinajstić information content (AvgIpc) is 2.88. The van der Waals surface area contributed by atoms with E-state index in [2.05, 4.69) is 12.1 Å². The van der Waals surface area contributed by atoms with E-state index in [0.717, 1.165) is 11.3 Å². The van der Waals surface area contributed by atoms with E-state index in [-0.39, 0.29) is 18.8 Å². The summed E-state index contributed by atoms with van der Waals surface area (Å²) in [6, 6.07) is 13.6. The summed E-state index contributed by atoms with van der Waals surface area (Å²) < 4.78 is 11.3. The first kappa shape index (κ1) is 15.8. The number of Topliss-reactive ketones (excluding diaryl/α,β-unsaturated/α-hetero) is 1. The maximum atomic E-state index is 12.5. The number of hydrogen-bond donors (Lipinski definition) is 0. The van der Waals surface area contributed by atoms with Crippen molar-refractivity contribution in [3.8, 4) is 5.75 Å². The molecular weight excluding hydrogens is 287 g/mol. The Morgan fingerprint density at radius 3 is 2.87 bits per heavy atom. The first-order chi connectivity index (χ1) is 11.0. The van der Waals surface area contributed by atoms with Crippen molar-refractivity contribution in [2.45, 2.75) is 39.8 Å². The summed E-state index contributed by atoms with van der Waals surface area (Å²) in [5.41, 5.74) is 4.14. The van der Waals surface area contributed by atoms with Crippen LogP contribution < -0.4 is 10.2 Å². The lowest BCUT2D eigenvalue weighted by molar-refractivity contribution is 0.0992. The fourth-order valence-corrected chi connectivity index (χ4v) is 2.87. The summed E-state index contributed by atoms with van der Waals surface area (Å²) in [5.74, 6) is 0.840. The number of benzene rings is 2. The van der Waals surface area contributed by atoms with Gasteiger partial charge in [-0.2, -0.15) is 0 Å². The van der Waals surface area contributed by atoms with Crippen LogP contribution in [0.25, 0.3) is 0 Å². The minimum Gasteiger partial charge on any atom is -0.491 e. The van der Waals surface area contributed by atoms with Gasteiger partial charge in [-0.1, -0.05) is 37.2 Å². The van der Waals surface area contributed by atoms with Gasteiger partial charge in [0.05, 0.1) is 12.7 Å². The van der Waals surface area contributed by atoms with E-state index in [4.69, 9.17) is 9.39 Å². The van der Waals surface area contributed by atoms with Crippen LogP contribution >= 0.6 is 0 Å².